The molecule has 0 aliphatic carbocycles. The molecule has 1 N–H and O–H groups in total. The smallest absolute Gasteiger partial charge is 0.250 e. The number of nitrogens with one attached hydrogen (secondary N) is 1. The number of benzene rings is 2. The first kappa shape index (κ1) is 22.1. The van der Waals surface area contributed by atoms with Gasteiger partial charge in [-0.05, 0) is 43.3 Å². The summed E-state index contributed by atoms with van der Waals surface area (Å²) in [6, 6.07) is 12.7. The fourth-order valence-corrected chi connectivity index (χ4v) is 3.89. The second-order valence-corrected chi connectivity index (χ2v) is 7.75. The predicted octanol–water partition coefficient (Wildman–Crippen LogP) is 4.52. The number of nitrogens with zero attached hydrogens (tertiary/aromatic N) is 4. The number of methoxy groups -OCH3 is 1. The van der Waals surface area contributed by atoms with Gasteiger partial charge < -0.3 is 9.30 Å². The second kappa shape index (κ2) is 10.5. The van der Waals surface area contributed by atoms with Crippen LogP contribution >= 0.6 is 35.0 Å². The molecule has 0 spiro atoms. The van der Waals surface area contributed by atoms with Gasteiger partial charge in [-0.25, -0.2) is 5.43 Å². The van der Waals surface area contributed by atoms with Crippen molar-refractivity contribution in [2.45, 2.75) is 18.6 Å². The van der Waals surface area contributed by atoms with E-state index in [2.05, 4.69) is 20.7 Å². The Morgan fingerprint density at radius 2 is 1.90 bits per heavy atom. The standard InChI is InChI=1S/C20H19Cl2N5O2S/c1-3-27-19(13-7-9-14(29-2)10-8-13)25-26-20(27)30-12-18(28)24-23-11-15-16(21)5-4-6-17(15)22/h4-11H,3,12H2,1-2H3,(H,24,28). The number of amides is 1. The van der Waals surface area contributed by atoms with Crippen LogP contribution in [-0.4, -0.2) is 39.7 Å². The highest BCUT2D eigenvalue weighted by atomic mass is 35.5. The Morgan fingerprint density at radius 3 is 2.53 bits per heavy atom. The first-order valence-corrected chi connectivity index (χ1v) is 10.7. The summed E-state index contributed by atoms with van der Waals surface area (Å²) in [5, 5.41) is 14.0. The molecule has 10 heteroatoms. The highest BCUT2D eigenvalue weighted by molar-refractivity contribution is 7.99. The molecule has 2 aromatic carbocycles. The van der Waals surface area contributed by atoms with Crippen molar-refractivity contribution in [3.05, 3.63) is 58.1 Å². The Balaban J connectivity index is 1.62. The Hall–Kier alpha value is -2.55. The maximum atomic E-state index is 12.1. The second-order valence-electron chi connectivity index (χ2n) is 6.00. The van der Waals surface area contributed by atoms with Crippen LogP contribution in [-0.2, 0) is 11.3 Å². The third-order valence-electron chi connectivity index (χ3n) is 4.10. The van der Waals surface area contributed by atoms with Gasteiger partial charge >= 0.3 is 0 Å². The molecule has 0 aliphatic rings. The van der Waals surface area contributed by atoms with Crippen molar-refractivity contribution in [2.75, 3.05) is 12.9 Å². The van der Waals surface area contributed by atoms with E-state index < -0.39 is 0 Å². The Morgan fingerprint density at radius 1 is 1.20 bits per heavy atom. The van der Waals surface area contributed by atoms with E-state index in [0.717, 1.165) is 17.1 Å². The molecule has 1 aromatic heterocycles. The Bertz CT molecular complexity index is 1030. The zero-order valence-electron chi connectivity index (χ0n) is 16.3. The lowest BCUT2D eigenvalue weighted by Crippen LogP contribution is -2.20. The van der Waals surface area contributed by atoms with Gasteiger partial charge in [-0.3, -0.25) is 4.79 Å². The molecule has 0 radical (unpaired) electrons. The summed E-state index contributed by atoms with van der Waals surface area (Å²) in [7, 11) is 1.62. The van der Waals surface area contributed by atoms with Crippen LogP contribution in [0.3, 0.4) is 0 Å². The van der Waals surface area contributed by atoms with Gasteiger partial charge in [0, 0.05) is 17.7 Å². The normalized spacial score (nSPS) is 11.1. The number of hydrogen-bond acceptors (Lipinski definition) is 6. The molecule has 156 valence electrons. The molecule has 0 unspecified atom stereocenters. The number of aromatic nitrogens is 3. The van der Waals surface area contributed by atoms with Crippen LogP contribution in [0.15, 0.2) is 52.7 Å². The predicted molar refractivity (Wildman–Crippen MR) is 121 cm³/mol. The summed E-state index contributed by atoms with van der Waals surface area (Å²) >= 11 is 13.4. The summed E-state index contributed by atoms with van der Waals surface area (Å²) in [6.45, 7) is 2.67. The minimum atomic E-state index is -0.281. The van der Waals surface area contributed by atoms with Crippen LogP contribution in [0.4, 0.5) is 0 Å². The van der Waals surface area contributed by atoms with Gasteiger partial charge in [0.15, 0.2) is 11.0 Å². The Kier molecular flexibility index (Phi) is 7.73. The van der Waals surface area contributed by atoms with Crippen molar-refractivity contribution in [1.29, 1.82) is 0 Å². The van der Waals surface area contributed by atoms with E-state index >= 15 is 0 Å². The number of carbonyl (C=O) groups is 1. The van der Waals surface area contributed by atoms with Crippen LogP contribution in [0.2, 0.25) is 10.0 Å². The van der Waals surface area contributed by atoms with Gasteiger partial charge in [-0.2, -0.15) is 5.10 Å². The maximum absolute atomic E-state index is 12.1. The number of ether oxygens (including phenoxy) is 1. The summed E-state index contributed by atoms with van der Waals surface area (Å²) in [5.74, 6) is 1.35. The van der Waals surface area contributed by atoms with Crippen LogP contribution < -0.4 is 10.2 Å². The molecule has 0 fully saturated rings. The average molecular weight is 464 g/mol. The van der Waals surface area contributed by atoms with E-state index in [-0.39, 0.29) is 11.7 Å². The number of hydrazone groups is 1. The number of halogens is 2. The molecule has 3 aromatic rings. The molecule has 0 atom stereocenters. The van der Waals surface area contributed by atoms with E-state index in [4.69, 9.17) is 27.9 Å². The molecule has 0 aliphatic heterocycles. The van der Waals surface area contributed by atoms with Crippen LogP contribution in [0.25, 0.3) is 11.4 Å². The lowest BCUT2D eigenvalue weighted by molar-refractivity contribution is -0.118. The largest absolute Gasteiger partial charge is 0.497 e. The van der Waals surface area contributed by atoms with E-state index in [1.165, 1.54) is 18.0 Å². The average Bonchev–Trinajstić information content (AvgIpc) is 3.17. The minimum absolute atomic E-state index is 0.133. The molecular weight excluding hydrogens is 445 g/mol. The van der Waals surface area contributed by atoms with Gasteiger partial charge in [-0.1, -0.05) is 41.0 Å². The van der Waals surface area contributed by atoms with Gasteiger partial charge in [0.25, 0.3) is 5.91 Å². The molecule has 0 saturated carbocycles. The molecule has 0 bridgehead atoms. The van der Waals surface area contributed by atoms with Crippen molar-refractivity contribution in [3.8, 4) is 17.1 Å². The lowest BCUT2D eigenvalue weighted by atomic mass is 10.2. The fraction of sp³-hybridized carbons (Fsp3) is 0.200. The summed E-state index contributed by atoms with van der Waals surface area (Å²) in [6.07, 6.45) is 1.42. The van der Waals surface area contributed by atoms with Crippen molar-refractivity contribution in [1.82, 2.24) is 20.2 Å². The summed E-state index contributed by atoms with van der Waals surface area (Å²) in [4.78, 5) is 12.1. The third-order valence-corrected chi connectivity index (χ3v) is 5.72. The quantitative estimate of drug-likeness (QED) is 0.301. The highest BCUT2D eigenvalue weighted by Crippen LogP contribution is 2.25. The summed E-state index contributed by atoms with van der Waals surface area (Å²) < 4.78 is 7.14. The molecular formula is C20H19Cl2N5O2S. The Labute approximate surface area is 188 Å². The lowest BCUT2D eigenvalue weighted by Gasteiger charge is -2.07. The van der Waals surface area contributed by atoms with E-state index in [1.807, 2.05) is 35.8 Å². The maximum Gasteiger partial charge on any atom is 0.250 e. The summed E-state index contributed by atoms with van der Waals surface area (Å²) in [5.41, 5.74) is 3.93. The fourth-order valence-electron chi connectivity index (χ4n) is 2.60. The third kappa shape index (κ3) is 5.33. The molecule has 7 nitrogen and oxygen atoms in total. The SMILES string of the molecule is CCn1c(SCC(=O)NN=Cc2c(Cl)cccc2Cl)nnc1-c1ccc(OC)cc1. The minimum Gasteiger partial charge on any atom is -0.497 e. The zero-order valence-corrected chi connectivity index (χ0v) is 18.6. The van der Waals surface area contributed by atoms with E-state index in [1.54, 1.807) is 25.3 Å². The van der Waals surface area contributed by atoms with Crippen LogP contribution in [0.5, 0.6) is 5.75 Å². The van der Waals surface area contributed by atoms with Crippen molar-refractivity contribution >= 4 is 47.1 Å². The monoisotopic (exact) mass is 463 g/mol. The zero-order chi connectivity index (χ0) is 21.5. The van der Waals surface area contributed by atoms with Crippen LogP contribution in [0.1, 0.15) is 12.5 Å². The number of thioether (sulfide) groups is 1. The first-order valence-electron chi connectivity index (χ1n) is 8.99. The molecule has 0 saturated heterocycles. The topological polar surface area (TPSA) is 81.4 Å². The van der Waals surface area contributed by atoms with Gasteiger partial charge in [0.1, 0.15) is 5.75 Å². The van der Waals surface area contributed by atoms with Gasteiger partial charge in [0.05, 0.1) is 29.1 Å². The van der Waals surface area contributed by atoms with Crippen molar-refractivity contribution in [3.63, 3.8) is 0 Å². The van der Waals surface area contributed by atoms with Gasteiger partial charge in [0.2, 0.25) is 0 Å². The van der Waals surface area contributed by atoms with E-state index in [0.29, 0.717) is 27.3 Å². The highest BCUT2D eigenvalue weighted by Gasteiger charge is 2.14. The number of rotatable bonds is 8. The molecule has 1 heterocycles. The van der Waals surface area contributed by atoms with Crippen LogP contribution in [0, 0.1) is 0 Å². The first-order chi connectivity index (χ1) is 14.5. The van der Waals surface area contributed by atoms with E-state index in [9.17, 15) is 4.79 Å². The molecule has 1 amide bonds. The number of carbonyl (C=O) groups excluding carboxylic acids is 1. The molecule has 30 heavy (non-hydrogen) atoms. The van der Waals surface area contributed by atoms with Gasteiger partial charge in [-0.15, -0.1) is 10.2 Å². The van der Waals surface area contributed by atoms with Crippen molar-refractivity contribution in [2.24, 2.45) is 5.10 Å². The van der Waals surface area contributed by atoms with Crippen molar-refractivity contribution < 1.29 is 9.53 Å². The number of hydrogen-bond donors (Lipinski definition) is 1. The molecule has 3 rings (SSSR count).